The van der Waals surface area contributed by atoms with Gasteiger partial charge in [0.05, 0.1) is 4.90 Å². The van der Waals surface area contributed by atoms with Crippen molar-refractivity contribution in [2.45, 2.75) is 11.5 Å². The first-order valence-corrected chi connectivity index (χ1v) is 8.85. The van der Waals surface area contributed by atoms with Gasteiger partial charge in [0, 0.05) is 17.3 Å². The Labute approximate surface area is 147 Å². The largest absolute Gasteiger partial charge is 0.435 e. The lowest BCUT2D eigenvalue weighted by atomic mass is 10.2. The van der Waals surface area contributed by atoms with E-state index in [1.54, 1.807) is 18.2 Å². The van der Waals surface area contributed by atoms with Crippen molar-refractivity contribution in [2.24, 2.45) is 4.99 Å². The molecule has 2 N–H and O–H groups in total. The third-order valence-electron chi connectivity index (χ3n) is 3.39. The maximum Gasteiger partial charge on any atom is 0.387 e. The summed E-state index contributed by atoms with van der Waals surface area (Å²) in [6.07, 6.45) is 0. The van der Waals surface area contributed by atoms with E-state index in [2.05, 4.69) is 19.8 Å². The first-order chi connectivity index (χ1) is 12.3. The van der Waals surface area contributed by atoms with Crippen LogP contribution in [0.1, 0.15) is 5.56 Å². The van der Waals surface area contributed by atoms with E-state index in [1.807, 2.05) is 0 Å². The molecule has 3 rings (SSSR count). The zero-order valence-electron chi connectivity index (χ0n) is 13.1. The number of carbonyl (C=O) groups is 1. The lowest BCUT2D eigenvalue weighted by Gasteiger charge is -2.07. The number of halogens is 2. The summed E-state index contributed by atoms with van der Waals surface area (Å²) >= 11 is 0. The molecule has 1 heterocycles. The average molecular weight is 381 g/mol. The van der Waals surface area contributed by atoms with Crippen LogP contribution in [0.15, 0.2) is 58.4 Å². The average Bonchev–Trinajstić information content (AvgIpc) is 2.84. The lowest BCUT2D eigenvalue weighted by Crippen LogP contribution is -2.24. The van der Waals surface area contributed by atoms with Crippen LogP contribution in [0, 0.1) is 0 Å². The number of alkyl halides is 2. The van der Waals surface area contributed by atoms with E-state index in [1.165, 1.54) is 30.3 Å². The number of amidine groups is 1. The van der Waals surface area contributed by atoms with Gasteiger partial charge in [-0.15, -0.1) is 0 Å². The van der Waals surface area contributed by atoms with E-state index in [0.717, 1.165) is 0 Å². The van der Waals surface area contributed by atoms with Crippen LogP contribution in [0.4, 0.5) is 14.5 Å². The van der Waals surface area contributed by atoms with Crippen molar-refractivity contribution in [1.29, 1.82) is 0 Å². The van der Waals surface area contributed by atoms with Crippen LogP contribution in [-0.2, 0) is 14.8 Å². The quantitative estimate of drug-likeness (QED) is 0.828. The number of fused-ring (bicyclic) bond motifs is 1. The summed E-state index contributed by atoms with van der Waals surface area (Å²) in [6, 6.07) is 11.8. The topological polar surface area (TPSA) is 96.9 Å². The number of anilines is 1. The molecule has 26 heavy (non-hydrogen) atoms. The first-order valence-electron chi connectivity index (χ1n) is 7.36. The minimum Gasteiger partial charge on any atom is -0.435 e. The molecule has 0 atom stereocenters. The van der Waals surface area contributed by atoms with Crippen LogP contribution in [0.25, 0.3) is 0 Å². The van der Waals surface area contributed by atoms with E-state index in [9.17, 15) is 22.0 Å². The third-order valence-corrected chi connectivity index (χ3v) is 4.78. The van der Waals surface area contributed by atoms with Gasteiger partial charge >= 0.3 is 6.61 Å². The summed E-state index contributed by atoms with van der Waals surface area (Å²) in [6.45, 7) is -3.32. The first kappa shape index (κ1) is 17.8. The molecule has 0 aliphatic carbocycles. The van der Waals surface area contributed by atoms with Gasteiger partial charge in [-0.05, 0) is 24.3 Å². The number of amides is 1. The summed E-state index contributed by atoms with van der Waals surface area (Å²) in [5.74, 6) is -0.567. The fourth-order valence-electron chi connectivity index (χ4n) is 2.35. The summed E-state index contributed by atoms with van der Waals surface area (Å²) < 4.78 is 54.9. The number of nitrogens with zero attached hydrogens (tertiary/aromatic N) is 1. The molecule has 1 amide bonds. The summed E-state index contributed by atoms with van der Waals surface area (Å²) in [7, 11) is -3.68. The molecule has 10 heteroatoms. The second-order valence-corrected chi connectivity index (χ2v) is 6.87. The molecule has 0 saturated heterocycles. The van der Waals surface area contributed by atoms with Gasteiger partial charge in [-0.3, -0.25) is 14.5 Å². The lowest BCUT2D eigenvalue weighted by molar-refractivity contribution is -0.114. The SMILES string of the molecule is O=C(CN=C1NS(=O)(=O)c2ccccc21)Nc1cccc(OC(F)F)c1. The predicted octanol–water partition coefficient (Wildman–Crippen LogP) is 1.97. The number of hydrogen-bond acceptors (Lipinski definition) is 5. The van der Waals surface area contributed by atoms with Crippen LogP contribution in [0.3, 0.4) is 0 Å². The Morgan fingerprint density at radius 1 is 1.19 bits per heavy atom. The number of sulfonamides is 1. The number of aliphatic imine (C=N–C) groups is 1. The van der Waals surface area contributed by atoms with Crippen LogP contribution >= 0.6 is 0 Å². The molecule has 7 nitrogen and oxygen atoms in total. The van der Waals surface area contributed by atoms with Crippen LogP contribution < -0.4 is 14.8 Å². The molecule has 2 aromatic carbocycles. The fraction of sp³-hybridized carbons (Fsp3) is 0.125. The number of nitrogens with one attached hydrogen (secondary N) is 2. The van der Waals surface area contributed by atoms with Gasteiger partial charge in [0.25, 0.3) is 10.0 Å². The molecule has 0 radical (unpaired) electrons. The highest BCUT2D eigenvalue weighted by atomic mass is 32.2. The van der Waals surface area contributed by atoms with Gasteiger partial charge in [0.2, 0.25) is 5.91 Å². The number of rotatable bonds is 5. The molecule has 0 spiro atoms. The van der Waals surface area contributed by atoms with Crippen LogP contribution in [0.5, 0.6) is 5.75 Å². The molecule has 0 bridgehead atoms. The second kappa shape index (κ2) is 7.08. The predicted molar refractivity (Wildman–Crippen MR) is 89.9 cm³/mol. The molecule has 136 valence electrons. The van der Waals surface area contributed by atoms with Crippen molar-refractivity contribution in [3.8, 4) is 5.75 Å². The highest BCUT2D eigenvalue weighted by Gasteiger charge is 2.30. The Morgan fingerprint density at radius 3 is 2.73 bits per heavy atom. The van der Waals surface area contributed by atoms with E-state index in [4.69, 9.17) is 0 Å². The van der Waals surface area contributed by atoms with Gasteiger partial charge in [-0.25, -0.2) is 8.42 Å². The molecule has 0 fully saturated rings. The minimum atomic E-state index is -3.68. The monoisotopic (exact) mass is 381 g/mol. The number of hydrogen-bond donors (Lipinski definition) is 2. The van der Waals surface area contributed by atoms with Crippen molar-refractivity contribution in [1.82, 2.24) is 4.72 Å². The molecule has 0 saturated carbocycles. The Kier molecular flexibility index (Phi) is 4.85. The molecular formula is C16H13F2N3O4S. The number of carbonyl (C=O) groups excluding carboxylic acids is 1. The molecule has 2 aromatic rings. The Balaban J connectivity index is 1.69. The van der Waals surface area contributed by atoms with E-state index >= 15 is 0 Å². The normalized spacial score (nSPS) is 16.2. The smallest absolute Gasteiger partial charge is 0.387 e. The summed E-state index contributed by atoms with van der Waals surface area (Å²) in [5.41, 5.74) is 0.633. The highest BCUT2D eigenvalue weighted by molar-refractivity contribution is 7.90. The Morgan fingerprint density at radius 2 is 1.96 bits per heavy atom. The molecule has 0 aromatic heterocycles. The van der Waals surface area contributed by atoms with Gasteiger partial charge < -0.3 is 10.1 Å². The van der Waals surface area contributed by atoms with Crippen LogP contribution in [0.2, 0.25) is 0 Å². The zero-order valence-corrected chi connectivity index (χ0v) is 14.0. The highest BCUT2D eigenvalue weighted by Crippen LogP contribution is 2.22. The molecule has 1 aliphatic rings. The number of benzene rings is 2. The van der Waals surface area contributed by atoms with Crippen molar-refractivity contribution in [3.05, 3.63) is 54.1 Å². The van der Waals surface area contributed by atoms with E-state index < -0.39 is 22.5 Å². The van der Waals surface area contributed by atoms with E-state index in [-0.39, 0.29) is 28.7 Å². The van der Waals surface area contributed by atoms with Crippen molar-refractivity contribution in [3.63, 3.8) is 0 Å². The van der Waals surface area contributed by atoms with Gasteiger partial charge in [-0.2, -0.15) is 8.78 Å². The van der Waals surface area contributed by atoms with Crippen molar-refractivity contribution >= 4 is 27.5 Å². The summed E-state index contributed by atoms with van der Waals surface area (Å²) in [4.78, 5) is 16.1. The van der Waals surface area contributed by atoms with Gasteiger partial charge in [0.1, 0.15) is 18.1 Å². The van der Waals surface area contributed by atoms with Crippen LogP contribution in [-0.4, -0.2) is 33.3 Å². The van der Waals surface area contributed by atoms with Gasteiger partial charge in [-0.1, -0.05) is 18.2 Å². The van der Waals surface area contributed by atoms with Crippen molar-refractivity contribution < 1.29 is 26.7 Å². The maximum atomic E-state index is 12.2. The minimum absolute atomic E-state index is 0.0746. The second-order valence-electron chi connectivity index (χ2n) is 5.22. The summed E-state index contributed by atoms with van der Waals surface area (Å²) in [5, 5.41) is 2.48. The fourth-order valence-corrected chi connectivity index (χ4v) is 3.60. The molecular weight excluding hydrogens is 368 g/mol. The van der Waals surface area contributed by atoms with Crippen molar-refractivity contribution in [2.75, 3.05) is 11.9 Å². The molecule has 0 unspecified atom stereocenters. The standard InChI is InChI=1S/C16H13F2N3O4S/c17-16(18)25-11-5-3-4-10(8-11)20-14(22)9-19-15-12-6-1-2-7-13(12)26(23,24)21-15/h1-8,16H,9H2,(H,19,21)(H,20,22). The number of ether oxygens (including phenoxy) is 1. The third kappa shape index (κ3) is 3.97. The molecule has 1 aliphatic heterocycles. The van der Waals surface area contributed by atoms with E-state index in [0.29, 0.717) is 5.56 Å². The maximum absolute atomic E-state index is 12.2. The zero-order chi connectivity index (χ0) is 18.7. The van der Waals surface area contributed by atoms with Gasteiger partial charge in [0.15, 0.2) is 0 Å². The Hall–Kier alpha value is -3.01. The Bertz CT molecular complexity index is 977.